The summed E-state index contributed by atoms with van der Waals surface area (Å²) in [4.78, 5) is 13.5. The van der Waals surface area contributed by atoms with Crippen molar-refractivity contribution < 1.29 is 31.8 Å². The number of carboxylic acids is 1. The zero-order chi connectivity index (χ0) is 21.8. The van der Waals surface area contributed by atoms with E-state index in [9.17, 15) is 27.1 Å². The minimum Gasteiger partial charge on any atom is -0.480 e. The molecule has 0 unspecified atom stereocenters. The number of carboxylic acid groups (broad SMARTS) is 1. The van der Waals surface area contributed by atoms with Crippen LogP contribution in [0.3, 0.4) is 0 Å². The molecule has 2 aliphatic heterocycles. The molecule has 0 aliphatic carbocycles. The Morgan fingerprint density at radius 2 is 2.07 bits per heavy atom. The fourth-order valence-corrected chi connectivity index (χ4v) is 5.00. The summed E-state index contributed by atoms with van der Waals surface area (Å²) in [5.41, 5.74) is 6.76. The van der Waals surface area contributed by atoms with Gasteiger partial charge in [0.05, 0.1) is 24.8 Å². The van der Waals surface area contributed by atoms with Crippen LogP contribution < -0.4 is 5.73 Å². The Bertz CT molecular complexity index is 1110. The van der Waals surface area contributed by atoms with Crippen molar-refractivity contribution in [1.82, 2.24) is 14.1 Å². The van der Waals surface area contributed by atoms with Crippen molar-refractivity contribution in [3.63, 3.8) is 0 Å². The fraction of sp³-hybridized carbons (Fsp3) is 0.444. The van der Waals surface area contributed by atoms with E-state index in [1.54, 1.807) is 4.90 Å². The number of carbonyl (C=O) groups is 1. The number of rotatable bonds is 4. The molecule has 1 aromatic heterocycles. The van der Waals surface area contributed by atoms with Crippen LogP contribution in [0.15, 0.2) is 24.4 Å². The van der Waals surface area contributed by atoms with Gasteiger partial charge in [-0.05, 0) is 24.6 Å². The monoisotopic (exact) mass is 442 g/mol. The molecule has 4 rings (SSSR count). The molecule has 9 nitrogen and oxygen atoms in total. The molecule has 1 saturated heterocycles. The topological polar surface area (TPSA) is 128 Å². The number of halogens is 2. The summed E-state index contributed by atoms with van der Waals surface area (Å²) >= 11 is 0. The van der Waals surface area contributed by atoms with E-state index in [2.05, 4.69) is 5.10 Å². The number of aliphatic carboxylic acids is 1. The third-order valence-corrected chi connectivity index (χ3v) is 6.45. The van der Waals surface area contributed by atoms with Crippen LogP contribution in [0.5, 0.6) is 0 Å². The van der Waals surface area contributed by atoms with E-state index in [1.807, 2.05) is 0 Å². The van der Waals surface area contributed by atoms with Crippen molar-refractivity contribution >= 4 is 16.0 Å². The van der Waals surface area contributed by atoms with Gasteiger partial charge in [-0.1, -0.05) is 0 Å². The lowest BCUT2D eigenvalue weighted by atomic mass is 9.93. The molecule has 0 saturated carbocycles. The van der Waals surface area contributed by atoms with E-state index in [1.165, 1.54) is 6.20 Å². The molecule has 0 bridgehead atoms. The third-order valence-electron chi connectivity index (χ3n) is 5.51. The van der Waals surface area contributed by atoms with Crippen molar-refractivity contribution in [2.75, 3.05) is 12.9 Å². The van der Waals surface area contributed by atoms with Gasteiger partial charge in [-0.2, -0.15) is 9.19 Å². The summed E-state index contributed by atoms with van der Waals surface area (Å²) in [5, 5.41) is 13.6. The molecule has 162 valence electrons. The molecule has 2 aliphatic rings. The molecule has 3 N–H and O–H groups in total. The van der Waals surface area contributed by atoms with Gasteiger partial charge >= 0.3 is 5.97 Å². The Balaban J connectivity index is 1.59. The maximum absolute atomic E-state index is 14.1. The van der Waals surface area contributed by atoms with Crippen LogP contribution in [0.2, 0.25) is 0 Å². The van der Waals surface area contributed by atoms with Crippen molar-refractivity contribution in [1.29, 1.82) is 0 Å². The first-order valence-electron chi connectivity index (χ1n) is 9.16. The maximum atomic E-state index is 14.1. The molecule has 3 heterocycles. The summed E-state index contributed by atoms with van der Waals surface area (Å²) in [6, 6.07) is 0.742. The van der Waals surface area contributed by atoms with Crippen LogP contribution in [0.4, 0.5) is 8.78 Å². The summed E-state index contributed by atoms with van der Waals surface area (Å²) in [5.74, 6) is -2.41. The van der Waals surface area contributed by atoms with Crippen LogP contribution in [0.1, 0.15) is 35.4 Å². The van der Waals surface area contributed by atoms with Gasteiger partial charge in [0.25, 0.3) is 10.0 Å². The Morgan fingerprint density at radius 3 is 2.70 bits per heavy atom. The number of hydrogen-bond donors (Lipinski definition) is 2. The van der Waals surface area contributed by atoms with Gasteiger partial charge in [0, 0.05) is 29.8 Å². The second-order valence-corrected chi connectivity index (χ2v) is 9.35. The SMILES string of the molecule is CS(=O)(=O)n1ncc2c1CN([C@H]1CO[C@H](c3cc(F)ccc3F)[C@@H](N)C1)[C@H]2C(=O)O. The number of nitrogens with two attached hydrogens (primary N) is 1. The van der Waals surface area contributed by atoms with Crippen LogP contribution in [0.25, 0.3) is 0 Å². The predicted molar refractivity (Wildman–Crippen MR) is 99.8 cm³/mol. The van der Waals surface area contributed by atoms with E-state index in [0.717, 1.165) is 28.5 Å². The van der Waals surface area contributed by atoms with E-state index >= 15 is 0 Å². The first kappa shape index (κ1) is 20.8. The number of aromatic nitrogens is 2. The largest absolute Gasteiger partial charge is 0.480 e. The summed E-state index contributed by atoms with van der Waals surface area (Å²) in [7, 11) is -3.70. The van der Waals surface area contributed by atoms with Gasteiger partial charge in [0.2, 0.25) is 0 Å². The highest BCUT2D eigenvalue weighted by Gasteiger charge is 2.45. The molecule has 0 amide bonds. The zero-order valence-electron chi connectivity index (χ0n) is 15.9. The summed E-state index contributed by atoms with van der Waals surface area (Å²) in [6.45, 7) is 0.0494. The van der Waals surface area contributed by atoms with Gasteiger partial charge in [0.15, 0.2) is 0 Å². The van der Waals surface area contributed by atoms with Gasteiger partial charge in [-0.25, -0.2) is 17.2 Å². The highest BCUT2D eigenvalue weighted by atomic mass is 32.2. The Kier molecular flexibility index (Phi) is 5.12. The van der Waals surface area contributed by atoms with Gasteiger partial charge < -0.3 is 15.6 Å². The van der Waals surface area contributed by atoms with E-state index < -0.39 is 51.9 Å². The van der Waals surface area contributed by atoms with E-state index in [-0.39, 0.29) is 30.8 Å². The van der Waals surface area contributed by atoms with Crippen LogP contribution in [-0.4, -0.2) is 58.5 Å². The molecule has 1 fully saturated rings. The Hall–Kier alpha value is -2.41. The number of fused-ring (bicyclic) bond motifs is 1. The smallest absolute Gasteiger partial charge is 0.325 e. The van der Waals surface area contributed by atoms with Gasteiger partial charge in [-0.3, -0.25) is 9.69 Å². The minimum atomic E-state index is -3.70. The molecule has 4 atom stereocenters. The summed E-state index contributed by atoms with van der Waals surface area (Å²) in [6.07, 6.45) is 1.60. The van der Waals surface area contributed by atoms with Crippen molar-refractivity contribution in [2.24, 2.45) is 5.73 Å². The van der Waals surface area contributed by atoms with Crippen LogP contribution in [0, 0.1) is 11.6 Å². The van der Waals surface area contributed by atoms with E-state index in [4.69, 9.17) is 10.5 Å². The highest BCUT2D eigenvalue weighted by molar-refractivity contribution is 7.89. The average Bonchev–Trinajstić information content (AvgIpc) is 3.22. The zero-order valence-corrected chi connectivity index (χ0v) is 16.7. The minimum absolute atomic E-state index is 0.00756. The number of nitrogens with zero attached hydrogens (tertiary/aromatic N) is 3. The molecular formula is C18H20F2N4O5S. The molecule has 0 radical (unpaired) electrons. The number of benzene rings is 1. The summed E-state index contributed by atoms with van der Waals surface area (Å²) < 4.78 is 58.1. The molecule has 2 aromatic rings. The molecule has 0 spiro atoms. The lowest BCUT2D eigenvalue weighted by molar-refractivity contribution is -0.146. The predicted octanol–water partition coefficient (Wildman–Crippen LogP) is 0.768. The first-order chi connectivity index (χ1) is 14.1. The second-order valence-electron chi connectivity index (χ2n) is 7.54. The average molecular weight is 442 g/mol. The van der Waals surface area contributed by atoms with Gasteiger partial charge in [0.1, 0.15) is 23.8 Å². The molecule has 12 heteroatoms. The van der Waals surface area contributed by atoms with E-state index in [0.29, 0.717) is 5.56 Å². The highest BCUT2D eigenvalue weighted by Crippen LogP contribution is 2.40. The van der Waals surface area contributed by atoms with Crippen LogP contribution in [-0.2, 0) is 26.1 Å². The first-order valence-corrected chi connectivity index (χ1v) is 11.0. The standard InChI is InChI=1S/C18H20F2N4O5S/c1-30(27,28)24-15-7-23(16(18(25)26)12(15)6-22-24)10-5-14(21)17(29-8-10)11-4-9(19)2-3-13(11)20/h2-4,6,10,14,16-17H,5,7-8,21H2,1H3,(H,25,26)/t10-,14+,16-,17-/m1/s1. The second kappa shape index (κ2) is 7.38. The van der Waals surface area contributed by atoms with Crippen molar-refractivity contribution in [3.05, 3.63) is 52.9 Å². The third kappa shape index (κ3) is 3.49. The maximum Gasteiger partial charge on any atom is 0.325 e. The Labute approximate surface area is 171 Å². The van der Waals surface area contributed by atoms with Crippen molar-refractivity contribution in [2.45, 2.75) is 37.2 Å². The Morgan fingerprint density at radius 1 is 1.33 bits per heavy atom. The lowest BCUT2D eigenvalue weighted by Gasteiger charge is -2.40. The fourth-order valence-electron chi connectivity index (χ4n) is 4.22. The van der Waals surface area contributed by atoms with Crippen LogP contribution >= 0.6 is 0 Å². The number of hydrogen-bond acceptors (Lipinski definition) is 7. The molecule has 30 heavy (non-hydrogen) atoms. The quantitative estimate of drug-likeness (QED) is 0.711. The number of ether oxygens (including phenoxy) is 1. The molecular weight excluding hydrogens is 422 g/mol. The normalized spacial score (nSPS) is 27.2. The lowest BCUT2D eigenvalue weighted by Crippen LogP contribution is -2.49. The van der Waals surface area contributed by atoms with Gasteiger partial charge in [-0.15, -0.1) is 0 Å². The van der Waals surface area contributed by atoms with Crippen molar-refractivity contribution in [3.8, 4) is 0 Å². The molecule has 1 aromatic carbocycles.